The van der Waals surface area contributed by atoms with Crippen LogP contribution in [-0.2, 0) is 9.53 Å². The van der Waals surface area contributed by atoms with E-state index in [4.69, 9.17) is 20.4 Å². The summed E-state index contributed by atoms with van der Waals surface area (Å²) in [5.74, 6) is -2.40. The van der Waals surface area contributed by atoms with E-state index >= 15 is 0 Å². The molecule has 4 atom stereocenters. The molecule has 0 radical (unpaired) electrons. The van der Waals surface area contributed by atoms with Gasteiger partial charge in [0.1, 0.15) is 18.3 Å². The van der Waals surface area contributed by atoms with Crippen LogP contribution in [0.3, 0.4) is 0 Å². The van der Waals surface area contributed by atoms with E-state index in [2.05, 4.69) is 4.74 Å². The molecule has 4 unspecified atom stereocenters. The third-order valence-electron chi connectivity index (χ3n) is 1.82. The molecule has 6 nitrogen and oxygen atoms in total. The van der Waals surface area contributed by atoms with E-state index in [0.29, 0.717) is 0 Å². The van der Waals surface area contributed by atoms with Gasteiger partial charge in [-0.1, -0.05) is 0 Å². The predicted molar refractivity (Wildman–Crippen MR) is 35.0 cm³/mol. The number of hydrogen-bond donors (Lipinski definition) is 4. The second kappa shape index (κ2) is 3.08. The molecule has 6 heteroatoms. The Hall–Kier alpha value is -0.530. The van der Waals surface area contributed by atoms with E-state index in [1.54, 1.807) is 0 Å². The summed E-state index contributed by atoms with van der Waals surface area (Å²) >= 11 is 0. The second-order valence-electron chi connectivity index (χ2n) is 2.64. The Morgan fingerprint density at radius 3 is 2.33 bits per heavy atom. The van der Waals surface area contributed by atoms with Gasteiger partial charge >= 0.3 is 0 Å². The van der Waals surface area contributed by atoms with Crippen LogP contribution in [0.2, 0.25) is 0 Å². The highest BCUT2D eigenvalue weighted by Crippen LogP contribution is 2.26. The summed E-state index contributed by atoms with van der Waals surface area (Å²) in [6.45, 7) is -0.575. The molecule has 1 aliphatic heterocycles. The fraction of sp³-hybridized carbons (Fsp3) is 0.833. The van der Waals surface area contributed by atoms with Crippen LogP contribution >= 0.6 is 0 Å². The molecule has 0 spiro atoms. The molecule has 0 aromatic heterocycles. The van der Waals surface area contributed by atoms with Crippen LogP contribution in [0.5, 0.6) is 0 Å². The quantitative estimate of drug-likeness (QED) is 0.335. The molecule has 0 amide bonds. The van der Waals surface area contributed by atoms with Crippen LogP contribution in [0.25, 0.3) is 0 Å². The summed E-state index contributed by atoms with van der Waals surface area (Å²) in [6, 6.07) is 0. The first-order valence-electron chi connectivity index (χ1n) is 3.38. The molecule has 0 aromatic carbocycles. The number of ether oxygens (including phenoxy) is 1. The Labute approximate surface area is 68.0 Å². The minimum Gasteiger partial charge on any atom is -0.394 e. The Morgan fingerprint density at radius 1 is 1.50 bits per heavy atom. The number of rotatable bonds is 2. The molecule has 4 N–H and O–H groups in total. The minimum atomic E-state index is -2.40. The average Bonchev–Trinajstić information content (AvgIpc) is 2.31. The monoisotopic (exact) mass is 178 g/mol. The standard InChI is InChI=1S/C6H10O6/c7-1-3-4(9)5(10)6(11,2-8)12-3/h2-5,7,9-11H,1H2. The average molecular weight is 178 g/mol. The zero-order valence-electron chi connectivity index (χ0n) is 6.12. The lowest BCUT2D eigenvalue weighted by molar-refractivity contribution is -0.213. The number of hydrogen-bond acceptors (Lipinski definition) is 6. The van der Waals surface area contributed by atoms with Gasteiger partial charge in [0.2, 0.25) is 0 Å². The molecule has 1 fully saturated rings. The summed E-state index contributed by atoms with van der Waals surface area (Å²) in [6.07, 6.45) is -4.32. The number of aliphatic hydroxyl groups is 4. The maximum atomic E-state index is 10.2. The maximum Gasteiger partial charge on any atom is 0.253 e. The van der Waals surface area contributed by atoms with Crippen LogP contribution in [0.4, 0.5) is 0 Å². The van der Waals surface area contributed by atoms with Gasteiger partial charge in [-0.3, -0.25) is 4.79 Å². The molecule has 1 aliphatic rings. The molecule has 1 saturated heterocycles. The first-order chi connectivity index (χ1) is 5.55. The van der Waals surface area contributed by atoms with E-state index in [-0.39, 0.29) is 6.29 Å². The van der Waals surface area contributed by atoms with Crippen molar-refractivity contribution in [2.45, 2.75) is 24.1 Å². The van der Waals surface area contributed by atoms with Crippen molar-refractivity contribution in [1.82, 2.24) is 0 Å². The molecule has 70 valence electrons. The first-order valence-corrected chi connectivity index (χ1v) is 3.38. The molecular weight excluding hydrogens is 168 g/mol. The van der Waals surface area contributed by atoms with Crippen molar-refractivity contribution in [2.24, 2.45) is 0 Å². The van der Waals surface area contributed by atoms with Gasteiger partial charge in [-0.15, -0.1) is 0 Å². The fourth-order valence-corrected chi connectivity index (χ4v) is 1.07. The lowest BCUT2D eigenvalue weighted by Gasteiger charge is -2.17. The summed E-state index contributed by atoms with van der Waals surface area (Å²) in [4.78, 5) is 10.2. The molecule has 1 heterocycles. The van der Waals surface area contributed by atoms with Gasteiger partial charge in [-0.25, -0.2) is 0 Å². The van der Waals surface area contributed by atoms with Crippen LogP contribution < -0.4 is 0 Å². The van der Waals surface area contributed by atoms with E-state index < -0.39 is 30.7 Å². The number of carbonyl (C=O) groups is 1. The normalized spacial score (nSPS) is 47.8. The maximum absolute atomic E-state index is 10.2. The SMILES string of the molecule is O=CC1(O)OC(CO)C(O)C1O. The van der Waals surface area contributed by atoms with Crippen molar-refractivity contribution in [3.8, 4) is 0 Å². The van der Waals surface area contributed by atoms with Crippen molar-refractivity contribution in [3.63, 3.8) is 0 Å². The molecular formula is C6H10O6. The van der Waals surface area contributed by atoms with Crippen LogP contribution in [0.1, 0.15) is 0 Å². The Morgan fingerprint density at radius 2 is 2.08 bits per heavy atom. The number of aldehydes is 1. The molecule has 0 bridgehead atoms. The molecule has 0 aromatic rings. The Balaban J connectivity index is 2.79. The lowest BCUT2D eigenvalue weighted by atomic mass is 10.1. The first kappa shape index (κ1) is 9.56. The molecule has 0 aliphatic carbocycles. The van der Waals surface area contributed by atoms with E-state index in [9.17, 15) is 4.79 Å². The van der Waals surface area contributed by atoms with Crippen LogP contribution in [0, 0.1) is 0 Å². The molecule has 1 rings (SSSR count). The van der Waals surface area contributed by atoms with Crippen LogP contribution in [0.15, 0.2) is 0 Å². The highest BCUT2D eigenvalue weighted by Gasteiger charge is 2.53. The van der Waals surface area contributed by atoms with Gasteiger partial charge in [-0.2, -0.15) is 0 Å². The number of aliphatic hydroxyl groups excluding tert-OH is 3. The Kier molecular flexibility index (Phi) is 2.45. The minimum absolute atomic E-state index is 0.0173. The van der Waals surface area contributed by atoms with E-state index in [0.717, 1.165) is 0 Å². The fourth-order valence-electron chi connectivity index (χ4n) is 1.07. The predicted octanol–water partition coefficient (Wildman–Crippen LogP) is -3.01. The summed E-state index contributed by atoms with van der Waals surface area (Å²) in [7, 11) is 0. The van der Waals surface area contributed by atoms with Crippen molar-refractivity contribution >= 4 is 6.29 Å². The zero-order valence-corrected chi connectivity index (χ0v) is 6.12. The van der Waals surface area contributed by atoms with Gasteiger partial charge in [0.15, 0.2) is 6.29 Å². The van der Waals surface area contributed by atoms with Gasteiger partial charge in [-0.05, 0) is 0 Å². The largest absolute Gasteiger partial charge is 0.394 e. The van der Waals surface area contributed by atoms with Gasteiger partial charge in [0.25, 0.3) is 5.79 Å². The highest BCUT2D eigenvalue weighted by molar-refractivity contribution is 5.61. The van der Waals surface area contributed by atoms with Gasteiger partial charge in [0, 0.05) is 0 Å². The zero-order chi connectivity index (χ0) is 9.35. The topological polar surface area (TPSA) is 107 Å². The van der Waals surface area contributed by atoms with Gasteiger partial charge in [0.05, 0.1) is 6.61 Å². The highest BCUT2D eigenvalue weighted by atomic mass is 16.7. The molecule has 0 saturated carbocycles. The summed E-state index contributed by atoms with van der Waals surface area (Å²) in [5.41, 5.74) is 0. The smallest absolute Gasteiger partial charge is 0.253 e. The third-order valence-corrected chi connectivity index (χ3v) is 1.82. The van der Waals surface area contributed by atoms with Crippen molar-refractivity contribution < 1.29 is 30.0 Å². The van der Waals surface area contributed by atoms with Crippen molar-refractivity contribution in [1.29, 1.82) is 0 Å². The molecule has 12 heavy (non-hydrogen) atoms. The lowest BCUT2D eigenvalue weighted by Crippen LogP contribution is -2.44. The Bertz CT molecular complexity index is 183. The van der Waals surface area contributed by atoms with Gasteiger partial charge < -0.3 is 25.2 Å². The van der Waals surface area contributed by atoms with E-state index in [1.807, 2.05) is 0 Å². The van der Waals surface area contributed by atoms with Crippen molar-refractivity contribution in [2.75, 3.05) is 6.61 Å². The third kappa shape index (κ3) is 1.23. The summed E-state index contributed by atoms with van der Waals surface area (Å²) < 4.78 is 4.51. The summed E-state index contributed by atoms with van der Waals surface area (Å²) in [5, 5.41) is 35.8. The van der Waals surface area contributed by atoms with Crippen LogP contribution in [-0.4, -0.2) is 57.4 Å². The van der Waals surface area contributed by atoms with E-state index in [1.165, 1.54) is 0 Å². The second-order valence-corrected chi connectivity index (χ2v) is 2.64. The van der Waals surface area contributed by atoms with Crippen molar-refractivity contribution in [3.05, 3.63) is 0 Å². The number of carbonyl (C=O) groups excluding carboxylic acids is 1.